The summed E-state index contributed by atoms with van der Waals surface area (Å²) in [5.41, 5.74) is 4.89. The maximum atomic E-state index is 13.6. The number of hydrogen-bond donors (Lipinski definition) is 3. The molecular weight excluding hydrogens is 475 g/mol. The van der Waals surface area contributed by atoms with E-state index in [9.17, 15) is 19.1 Å². The molecule has 2 aromatic heterocycles. The maximum Gasteiger partial charge on any atom is 0.251 e. The first-order valence-electron chi connectivity index (χ1n) is 11.7. The van der Waals surface area contributed by atoms with Crippen LogP contribution < -0.4 is 15.8 Å². The van der Waals surface area contributed by atoms with Crippen molar-refractivity contribution < 1.29 is 23.8 Å². The van der Waals surface area contributed by atoms with Crippen LogP contribution in [-0.2, 0) is 15.8 Å². The average Bonchev–Trinajstić information content (AvgIpc) is 3.25. The number of carbonyl (C=O) groups excluding carboxylic acids is 2. The molecule has 4 aromatic rings. The second kappa shape index (κ2) is 8.94. The van der Waals surface area contributed by atoms with Crippen LogP contribution >= 0.6 is 0 Å². The van der Waals surface area contributed by atoms with E-state index < -0.39 is 22.7 Å². The Kier molecular flexibility index (Phi) is 5.88. The summed E-state index contributed by atoms with van der Waals surface area (Å²) in [4.78, 5) is 33.9. The van der Waals surface area contributed by atoms with Crippen molar-refractivity contribution in [2.75, 3.05) is 13.2 Å². The van der Waals surface area contributed by atoms with Gasteiger partial charge in [-0.3, -0.25) is 14.6 Å². The smallest absolute Gasteiger partial charge is 0.251 e. The molecule has 0 bridgehead atoms. The van der Waals surface area contributed by atoms with Gasteiger partial charge in [0.05, 0.1) is 12.2 Å². The van der Waals surface area contributed by atoms with Crippen LogP contribution in [0.4, 0.5) is 4.39 Å². The second-order valence-electron chi connectivity index (χ2n) is 9.62. The molecule has 2 atom stereocenters. The van der Waals surface area contributed by atoms with E-state index in [1.807, 2.05) is 12.1 Å². The van der Waals surface area contributed by atoms with E-state index in [1.54, 1.807) is 37.5 Å². The van der Waals surface area contributed by atoms with E-state index >= 15 is 0 Å². The first-order chi connectivity index (χ1) is 17.6. The molecule has 1 aliphatic heterocycles. The van der Waals surface area contributed by atoms with Crippen molar-refractivity contribution in [1.82, 2.24) is 15.3 Å². The normalized spacial score (nSPS) is 18.1. The molecule has 0 saturated heterocycles. The lowest BCUT2D eigenvalue weighted by atomic mass is 9.82. The van der Waals surface area contributed by atoms with Crippen molar-refractivity contribution in [3.63, 3.8) is 0 Å². The molecule has 2 amide bonds. The fourth-order valence-electron chi connectivity index (χ4n) is 4.34. The van der Waals surface area contributed by atoms with Crippen molar-refractivity contribution in [1.29, 1.82) is 0 Å². The van der Waals surface area contributed by atoms with Gasteiger partial charge in [-0.05, 0) is 67.8 Å². The number of benzene rings is 2. The Labute approximate surface area is 212 Å². The van der Waals surface area contributed by atoms with Gasteiger partial charge in [0.1, 0.15) is 34.9 Å². The zero-order valence-corrected chi connectivity index (χ0v) is 20.3. The number of amides is 2. The van der Waals surface area contributed by atoms with Gasteiger partial charge in [0.2, 0.25) is 5.91 Å². The molecule has 3 heterocycles. The number of rotatable bonds is 6. The van der Waals surface area contributed by atoms with Crippen LogP contribution in [0.15, 0.2) is 67.0 Å². The number of carbonyl (C=O) groups is 2. The fraction of sp³-hybridized carbons (Fsp3) is 0.214. The van der Waals surface area contributed by atoms with Crippen molar-refractivity contribution in [2.24, 2.45) is 5.73 Å². The first kappa shape index (κ1) is 24.3. The van der Waals surface area contributed by atoms with Crippen LogP contribution in [0.3, 0.4) is 0 Å². The number of nitrogens with two attached hydrogens (primary N) is 1. The third-order valence-electron chi connectivity index (χ3n) is 6.78. The number of nitrogens with one attached hydrogen (secondary N) is 1. The van der Waals surface area contributed by atoms with Gasteiger partial charge in [-0.2, -0.15) is 0 Å². The van der Waals surface area contributed by atoms with Gasteiger partial charge < -0.3 is 20.9 Å². The van der Waals surface area contributed by atoms with Gasteiger partial charge in [-0.25, -0.2) is 9.37 Å². The van der Waals surface area contributed by atoms with Crippen molar-refractivity contribution in [2.45, 2.75) is 24.9 Å². The number of fused-ring (bicyclic) bond motifs is 2. The maximum absolute atomic E-state index is 13.6. The highest BCUT2D eigenvalue weighted by atomic mass is 19.1. The van der Waals surface area contributed by atoms with Gasteiger partial charge in [0.25, 0.3) is 5.91 Å². The minimum absolute atomic E-state index is 0.00664. The number of aromatic nitrogens is 2. The summed E-state index contributed by atoms with van der Waals surface area (Å²) < 4.78 is 19.4. The van der Waals surface area contributed by atoms with Gasteiger partial charge in [-0.15, -0.1) is 0 Å². The summed E-state index contributed by atoms with van der Waals surface area (Å²) in [6.07, 6.45) is 3.35. The van der Waals surface area contributed by atoms with Gasteiger partial charge in [0, 0.05) is 34.5 Å². The Balaban J connectivity index is 1.49. The molecule has 9 heteroatoms. The molecule has 1 aliphatic rings. The minimum atomic E-state index is -1.63. The second-order valence-corrected chi connectivity index (χ2v) is 9.62. The van der Waals surface area contributed by atoms with Gasteiger partial charge >= 0.3 is 0 Å². The standard InChI is InChI=1S/C28H25FN4O4/c1-27(26(30)35)15-37-24-21(27)12-22(33-23(24)17-5-7-20(29)8-6-17)28(2,36)14-32-25(34)18-4-3-16-9-10-31-13-19(16)11-18/h3-13,36H,14-15H2,1-2H3,(H2,30,35)(H,32,34)/t27-,28-/m0/s1. The summed E-state index contributed by atoms with van der Waals surface area (Å²) in [5, 5.41) is 15.9. The molecule has 2 aromatic carbocycles. The first-order valence-corrected chi connectivity index (χ1v) is 11.7. The lowest BCUT2D eigenvalue weighted by molar-refractivity contribution is -0.123. The molecule has 0 fully saturated rings. The van der Waals surface area contributed by atoms with Crippen LogP contribution in [0.25, 0.3) is 22.0 Å². The van der Waals surface area contributed by atoms with Crippen LogP contribution in [0.1, 0.15) is 35.5 Å². The van der Waals surface area contributed by atoms with Crippen LogP contribution in [0, 0.1) is 5.82 Å². The number of ether oxygens (including phenoxy) is 1. The molecule has 0 radical (unpaired) electrons. The quantitative estimate of drug-likeness (QED) is 0.373. The van der Waals surface area contributed by atoms with E-state index in [0.717, 1.165) is 10.8 Å². The van der Waals surface area contributed by atoms with E-state index in [1.165, 1.54) is 31.2 Å². The van der Waals surface area contributed by atoms with Crippen molar-refractivity contribution in [3.8, 4) is 17.0 Å². The summed E-state index contributed by atoms with van der Waals surface area (Å²) >= 11 is 0. The minimum Gasteiger partial charge on any atom is -0.489 e. The van der Waals surface area contributed by atoms with Crippen LogP contribution in [0.2, 0.25) is 0 Å². The summed E-state index contributed by atoms with van der Waals surface area (Å²) in [6.45, 7) is 3.01. The Hall–Kier alpha value is -4.37. The third kappa shape index (κ3) is 4.38. The SMILES string of the molecule is C[C@](O)(CNC(=O)c1ccc2ccncc2c1)c1cc2c(c(-c3ccc(F)cc3)n1)OC[C@]2(C)C(N)=O. The number of halogens is 1. The molecule has 0 aliphatic carbocycles. The molecule has 8 nitrogen and oxygen atoms in total. The van der Waals surface area contributed by atoms with E-state index in [2.05, 4.69) is 15.3 Å². The summed E-state index contributed by atoms with van der Waals surface area (Å²) in [6, 6.07) is 14.3. The molecule has 0 unspecified atom stereocenters. The molecule has 188 valence electrons. The number of hydrogen-bond acceptors (Lipinski definition) is 6. The fourth-order valence-corrected chi connectivity index (χ4v) is 4.34. The topological polar surface area (TPSA) is 127 Å². The Bertz CT molecular complexity index is 1540. The van der Waals surface area contributed by atoms with Gasteiger partial charge in [0.15, 0.2) is 0 Å². The average molecular weight is 501 g/mol. The lowest BCUT2D eigenvalue weighted by Gasteiger charge is -2.26. The highest BCUT2D eigenvalue weighted by Gasteiger charge is 2.45. The monoisotopic (exact) mass is 500 g/mol. The number of aliphatic hydroxyl groups is 1. The largest absolute Gasteiger partial charge is 0.489 e. The van der Waals surface area contributed by atoms with Gasteiger partial charge in [-0.1, -0.05) is 6.07 Å². The summed E-state index contributed by atoms with van der Waals surface area (Å²) in [7, 11) is 0. The number of pyridine rings is 2. The molecule has 5 rings (SSSR count). The zero-order valence-electron chi connectivity index (χ0n) is 20.3. The van der Waals surface area contributed by atoms with Crippen molar-refractivity contribution >= 4 is 22.6 Å². The highest BCUT2D eigenvalue weighted by Crippen LogP contribution is 2.45. The number of nitrogens with zero attached hydrogens (tertiary/aromatic N) is 2. The van der Waals surface area contributed by atoms with E-state index in [0.29, 0.717) is 28.1 Å². The molecular formula is C28H25FN4O4. The van der Waals surface area contributed by atoms with E-state index in [4.69, 9.17) is 10.5 Å². The molecule has 0 spiro atoms. The van der Waals surface area contributed by atoms with E-state index in [-0.39, 0.29) is 24.8 Å². The Morgan fingerprint density at radius 1 is 1.16 bits per heavy atom. The van der Waals surface area contributed by atoms with Crippen LogP contribution in [0.5, 0.6) is 5.75 Å². The van der Waals surface area contributed by atoms with Crippen LogP contribution in [-0.4, -0.2) is 40.0 Å². The highest BCUT2D eigenvalue weighted by molar-refractivity contribution is 5.98. The van der Waals surface area contributed by atoms with Crippen molar-refractivity contribution in [3.05, 3.63) is 89.6 Å². The predicted molar refractivity (Wildman–Crippen MR) is 135 cm³/mol. The zero-order chi connectivity index (χ0) is 26.4. The molecule has 4 N–H and O–H groups in total. The predicted octanol–water partition coefficient (Wildman–Crippen LogP) is 3.21. The number of primary amides is 1. The molecule has 0 saturated carbocycles. The molecule has 37 heavy (non-hydrogen) atoms. The Morgan fingerprint density at radius 2 is 1.92 bits per heavy atom. The third-order valence-corrected chi connectivity index (χ3v) is 6.78. The lowest BCUT2D eigenvalue weighted by Crippen LogP contribution is -2.41. The Morgan fingerprint density at radius 3 is 2.65 bits per heavy atom. The summed E-state index contributed by atoms with van der Waals surface area (Å²) in [5.74, 6) is -1.04.